The number of benzene rings is 1. The molecule has 82 valence electrons. The zero-order valence-corrected chi connectivity index (χ0v) is 9.66. The van der Waals surface area contributed by atoms with Gasteiger partial charge in [0, 0.05) is 32.2 Å². The van der Waals surface area contributed by atoms with E-state index in [-0.39, 0.29) is 0 Å². The quantitative estimate of drug-likeness (QED) is 0.790. The Balaban J connectivity index is 1.98. The Labute approximate surface area is 92.3 Å². The molecule has 1 aromatic rings. The zero-order chi connectivity index (χ0) is 10.7. The van der Waals surface area contributed by atoms with Crippen molar-refractivity contribution < 1.29 is 0 Å². The van der Waals surface area contributed by atoms with E-state index in [4.69, 9.17) is 0 Å². The van der Waals surface area contributed by atoms with Crippen LogP contribution in [0.4, 0.5) is 0 Å². The van der Waals surface area contributed by atoms with E-state index >= 15 is 0 Å². The maximum atomic E-state index is 3.42. The molecule has 1 aliphatic rings. The Bertz CT molecular complexity index is 305. The lowest BCUT2D eigenvalue weighted by atomic mass is 10.1. The molecular formula is C13H20N2. The van der Waals surface area contributed by atoms with Crippen molar-refractivity contribution in [2.24, 2.45) is 0 Å². The number of hydrogen-bond donors (Lipinski definition) is 1. The molecule has 0 radical (unpaired) electrons. The third-order valence-corrected chi connectivity index (χ3v) is 3.15. The smallest absolute Gasteiger partial charge is 0.0237 e. The molecule has 1 aliphatic heterocycles. The summed E-state index contributed by atoms with van der Waals surface area (Å²) >= 11 is 0. The summed E-state index contributed by atoms with van der Waals surface area (Å²) in [6.07, 6.45) is 0. The summed E-state index contributed by atoms with van der Waals surface area (Å²) in [5.74, 6) is 0. The Morgan fingerprint density at radius 3 is 2.73 bits per heavy atom. The molecule has 1 fully saturated rings. The van der Waals surface area contributed by atoms with Crippen molar-refractivity contribution in [3.05, 3.63) is 35.4 Å². The molecule has 1 N–H and O–H groups in total. The highest BCUT2D eigenvalue weighted by Crippen LogP contribution is 2.10. The number of nitrogens with zero attached hydrogens (tertiary/aromatic N) is 1. The van der Waals surface area contributed by atoms with Gasteiger partial charge < -0.3 is 5.32 Å². The topological polar surface area (TPSA) is 15.3 Å². The van der Waals surface area contributed by atoms with E-state index in [1.54, 1.807) is 0 Å². The average molecular weight is 204 g/mol. The van der Waals surface area contributed by atoms with Crippen LogP contribution in [0.25, 0.3) is 0 Å². The molecule has 15 heavy (non-hydrogen) atoms. The van der Waals surface area contributed by atoms with E-state index in [9.17, 15) is 0 Å². The first-order valence-electron chi connectivity index (χ1n) is 5.76. The largest absolute Gasteiger partial charge is 0.314 e. The second-order valence-electron chi connectivity index (χ2n) is 4.51. The van der Waals surface area contributed by atoms with Crippen LogP contribution in [0.2, 0.25) is 0 Å². The first-order chi connectivity index (χ1) is 7.25. The van der Waals surface area contributed by atoms with Gasteiger partial charge in [0.1, 0.15) is 0 Å². The minimum absolute atomic E-state index is 0.653. The summed E-state index contributed by atoms with van der Waals surface area (Å²) < 4.78 is 0. The summed E-state index contributed by atoms with van der Waals surface area (Å²) in [5, 5.41) is 3.42. The van der Waals surface area contributed by atoms with Gasteiger partial charge in [-0.1, -0.05) is 29.8 Å². The highest BCUT2D eigenvalue weighted by atomic mass is 15.2. The summed E-state index contributed by atoms with van der Waals surface area (Å²) in [4.78, 5) is 2.54. The normalized spacial score (nSPS) is 22.9. The number of piperazine rings is 1. The highest BCUT2D eigenvalue weighted by molar-refractivity contribution is 5.21. The maximum absolute atomic E-state index is 3.42. The van der Waals surface area contributed by atoms with Gasteiger partial charge in [0.05, 0.1) is 0 Å². The van der Waals surface area contributed by atoms with Gasteiger partial charge in [0.15, 0.2) is 0 Å². The number of hydrogen-bond acceptors (Lipinski definition) is 2. The monoisotopic (exact) mass is 204 g/mol. The third kappa shape index (κ3) is 2.80. The van der Waals surface area contributed by atoms with Crippen LogP contribution in [0.5, 0.6) is 0 Å². The molecule has 0 unspecified atom stereocenters. The molecule has 1 saturated heterocycles. The van der Waals surface area contributed by atoms with Crippen LogP contribution in [0.1, 0.15) is 18.1 Å². The van der Waals surface area contributed by atoms with E-state index < -0.39 is 0 Å². The lowest BCUT2D eigenvalue weighted by Crippen LogP contribution is -2.49. The SMILES string of the molecule is Cc1ccc(CN2CCNC[C@H]2C)cc1. The molecule has 0 bridgehead atoms. The van der Waals surface area contributed by atoms with Crippen molar-refractivity contribution in [3.63, 3.8) is 0 Å². The molecular weight excluding hydrogens is 184 g/mol. The first kappa shape index (κ1) is 10.7. The fourth-order valence-corrected chi connectivity index (χ4v) is 2.05. The molecule has 1 heterocycles. The van der Waals surface area contributed by atoms with Gasteiger partial charge in [-0.2, -0.15) is 0 Å². The van der Waals surface area contributed by atoms with Crippen LogP contribution >= 0.6 is 0 Å². The van der Waals surface area contributed by atoms with E-state index in [1.807, 2.05) is 0 Å². The molecule has 0 aliphatic carbocycles. The minimum Gasteiger partial charge on any atom is -0.314 e. The second kappa shape index (κ2) is 4.77. The molecule has 2 rings (SSSR count). The van der Waals surface area contributed by atoms with E-state index in [1.165, 1.54) is 11.1 Å². The van der Waals surface area contributed by atoms with Crippen molar-refractivity contribution >= 4 is 0 Å². The molecule has 0 saturated carbocycles. The van der Waals surface area contributed by atoms with Crippen molar-refractivity contribution in [1.29, 1.82) is 0 Å². The van der Waals surface area contributed by atoms with E-state index in [2.05, 4.69) is 48.3 Å². The molecule has 1 aromatic carbocycles. The summed E-state index contributed by atoms with van der Waals surface area (Å²) in [5.41, 5.74) is 2.77. The number of nitrogens with one attached hydrogen (secondary N) is 1. The van der Waals surface area contributed by atoms with Gasteiger partial charge in [-0.15, -0.1) is 0 Å². The summed E-state index contributed by atoms with van der Waals surface area (Å²) in [6, 6.07) is 9.53. The van der Waals surface area contributed by atoms with Crippen LogP contribution in [-0.2, 0) is 6.54 Å². The van der Waals surface area contributed by atoms with Crippen LogP contribution in [0.15, 0.2) is 24.3 Å². The van der Waals surface area contributed by atoms with Gasteiger partial charge >= 0.3 is 0 Å². The number of aryl methyl sites for hydroxylation is 1. The van der Waals surface area contributed by atoms with Gasteiger partial charge in [-0.05, 0) is 19.4 Å². The van der Waals surface area contributed by atoms with Gasteiger partial charge in [-0.25, -0.2) is 0 Å². The Morgan fingerprint density at radius 2 is 2.07 bits per heavy atom. The molecule has 2 heteroatoms. The Morgan fingerprint density at radius 1 is 1.33 bits per heavy atom. The standard InChI is InChI=1S/C13H20N2/c1-11-3-5-13(6-4-11)10-15-8-7-14-9-12(15)2/h3-6,12,14H,7-10H2,1-2H3/t12-/m1/s1. The predicted octanol–water partition coefficient (Wildman–Crippen LogP) is 1.79. The van der Waals surface area contributed by atoms with Crippen molar-refractivity contribution in [2.45, 2.75) is 26.4 Å². The zero-order valence-electron chi connectivity index (χ0n) is 9.66. The van der Waals surface area contributed by atoms with Crippen molar-refractivity contribution in [3.8, 4) is 0 Å². The third-order valence-electron chi connectivity index (χ3n) is 3.15. The fourth-order valence-electron chi connectivity index (χ4n) is 2.05. The lowest BCUT2D eigenvalue weighted by Gasteiger charge is -2.33. The predicted molar refractivity (Wildman–Crippen MR) is 63.9 cm³/mol. The molecule has 1 atom stereocenters. The van der Waals surface area contributed by atoms with Crippen LogP contribution in [0, 0.1) is 6.92 Å². The van der Waals surface area contributed by atoms with E-state index in [0.717, 1.165) is 26.2 Å². The summed E-state index contributed by atoms with van der Waals surface area (Å²) in [7, 11) is 0. The molecule has 0 amide bonds. The first-order valence-corrected chi connectivity index (χ1v) is 5.76. The molecule has 2 nitrogen and oxygen atoms in total. The molecule has 0 aromatic heterocycles. The average Bonchev–Trinajstić information content (AvgIpc) is 2.25. The van der Waals surface area contributed by atoms with Gasteiger partial charge in [-0.3, -0.25) is 4.90 Å². The Kier molecular flexibility index (Phi) is 3.39. The van der Waals surface area contributed by atoms with Gasteiger partial charge in [0.25, 0.3) is 0 Å². The van der Waals surface area contributed by atoms with Crippen LogP contribution in [0.3, 0.4) is 0 Å². The molecule has 0 spiro atoms. The van der Waals surface area contributed by atoms with Gasteiger partial charge in [0.2, 0.25) is 0 Å². The van der Waals surface area contributed by atoms with E-state index in [0.29, 0.717) is 6.04 Å². The Hall–Kier alpha value is -0.860. The fraction of sp³-hybridized carbons (Fsp3) is 0.538. The number of rotatable bonds is 2. The van der Waals surface area contributed by atoms with Crippen LogP contribution in [-0.4, -0.2) is 30.6 Å². The van der Waals surface area contributed by atoms with Crippen molar-refractivity contribution in [1.82, 2.24) is 10.2 Å². The summed E-state index contributed by atoms with van der Waals surface area (Å²) in [6.45, 7) is 8.91. The van der Waals surface area contributed by atoms with Crippen molar-refractivity contribution in [2.75, 3.05) is 19.6 Å². The highest BCUT2D eigenvalue weighted by Gasteiger charge is 2.17. The second-order valence-corrected chi connectivity index (χ2v) is 4.51. The maximum Gasteiger partial charge on any atom is 0.0237 e. The lowest BCUT2D eigenvalue weighted by molar-refractivity contribution is 0.165. The van der Waals surface area contributed by atoms with Crippen LogP contribution < -0.4 is 5.32 Å². The minimum atomic E-state index is 0.653.